The molecular formula is C9H8F3N2O. The van der Waals surface area contributed by atoms with Gasteiger partial charge in [0.15, 0.2) is 0 Å². The van der Waals surface area contributed by atoms with Crippen molar-refractivity contribution in [1.82, 2.24) is 5.32 Å². The van der Waals surface area contributed by atoms with Crippen LogP contribution in [0.2, 0.25) is 0 Å². The van der Waals surface area contributed by atoms with Crippen molar-refractivity contribution in [3.63, 3.8) is 0 Å². The van der Waals surface area contributed by atoms with Crippen molar-refractivity contribution in [2.75, 3.05) is 12.4 Å². The van der Waals surface area contributed by atoms with Crippen LogP contribution in [-0.2, 0) is 6.18 Å². The van der Waals surface area contributed by atoms with Crippen LogP contribution in [0, 0.1) is 6.07 Å². The topological polar surface area (TPSA) is 41.1 Å². The molecule has 0 heterocycles. The Kier molecular flexibility index (Phi) is 3.18. The summed E-state index contributed by atoms with van der Waals surface area (Å²) in [6.45, 7) is 0. The fourth-order valence-electron chi connectivity index (χ4n) is 0.864. The Hall–Kier alpha value is -1.72. The third-order valence-corrected chi connectivity index (χ3v) is 1.62. The molecular weight excluding hydrogens is 209 g/mol. The maximum absolute atomic E-state index is 12.1. The fraction of sp³-hybridized carbons (Fsp3) is 0.222. The number of hydrogen-bond acceptors (Lipinski definition) is 1. The van der Waals surface area contributed by atoms with Gasteiger partial charge in [-0.1, -0.05) is 0 Å². The summed E-state index contributed by atoms with van der Waals surface area (Å²) in [6.07, 6.45) is -4.39. The van der Waals surface area contributed by atoms with Crippen LogP contribution in [-0.4, -0.2) is 13.1 Å². The molecule has 15 heavy (non-hydrogen) atoms. The zero-order chi connectivity index (χ0) is 11.5. The first-order valence-corrected chi connectivity index (χ1v) is 4.01. The maximum atomic E-state index is 12.1. The van der Waals surface area contributed by atoms with E-state index in [0.717, 1.165) is 18.2 Å². The first-order chi connectivity index (χ1) is 6.93. The largest absolute Gasteiger partial charge is 0.416 e. The highest BCUT2D eigenvalue weighted by Crippen LogP contribution is 2.29. The smallest absolute Gasteiger partial charge is 0.341 e. The molecule has 0 atom stereocenters. The molecule has 2 N–H and O–H groups in total. The Labute approximate surface area is 84.3 Å². The predicted octanol–water partition coefficient (Wildman–Crippen LogP) is 2.26. The Balaban J connectivity index is 2.77. The number of alkyl halides is 3. The van der Waals surface area contributed by atoms with E-state index in [2.05, 4.69) is 16.7 Å². The van der Waals surface area contributed by atoms with E-state index in [1.807, 2.05) is 0 Å². The van der Waals surface area contributed by atoms with E-state index < -0.39 is 17.8 Å². The standard InChI is InChI=1S/C9H8F3N2O/c1-13-8(15)14-7-4-2-6(3-5-7)9(10,11)12/h2-4H,1H3,(H2,13,14,15). The van der Waals surface area contributed by atoms with Gasteiger partial charge in [0.25, 0.3) is 0 Å². The van der Waals surface area contributed by atoms with Crippen molar-refractivity contribution >= 4 is 11.7 Å². The number of anilines is 1. The van der Waals surface area contributed by atoms with E-state index in [0.29, 0.717) is 0 Å². The lowest BCUT2D eigenvalue weighted by atomic mass is 10.2. The highest BCUT2D eigenvalue weighted by Gasteiger charge is 2.30. The van der Waals surface area contributed by atoms with E-state index in [1.54, 1.807) is 0 Å². The van der Waals surface area contributed by atoms with Crippen LogP contribution in [0.1, 0.15) is 5.56 Å². The van der Waals surface area contributed by atoms with Gasteiger partial charge in [0.2, 0.25) is 0 Å². The van der Waals surface area contributed by atoms with Gasteiger partial charge in [0.05, 0.1) is 11.3 Å². The molecule has 1 radical (unpaired) electrons. The Morgan fingerprint density at radius 3 is 2.47 bits per heavy atom. The molecule has 0 aliphatic carbocycles. The minimum absolute atomic E-state index is 0.183. The number of benzene rings is 1. The van der Waals surface area contributed by atoms with Crippen LogP contribution in [0.15, 0.2) is 18.2 Å². The lowest BCUT2D eigenvalue weighted by Crippen LogP contribution is -2.24. The summed E-state index contributed by atoms with van der Waals surface area (Å²) in [5, 5.41) is 4.56. The van der Waals surface area contributed by atoms with Gasteiger partial charge in [-0.2, -0.15) is 13.2 Å². The van der Waals surface area contributed by atoms with Crippen molar-refractivity contribution in [2.24, 2.45) is 0 Å². The third kappa shape index (κ3) is 3.16. The highest BCUT2D eigenvalue weighted by atomic mass is 19.4. The predicted molar refractivity (Wildman–Crippen MR) is 48.4 cm³/mol. The molecule has 0 bridgehead atoms. The summed E-state index contributed by atoms with van der Waals surface area (Å²) in [4.78, 5) is 10.8. The first-order valence-electron chi connectivity index (χ1n) is 4.01. The highest BCUT2D eigenvalue weighted by molar-refractivity contribution is 5.88. The number of urea groups is 1. The molecule has 0 aromatic heterocycles. The molecule has 0 fully saturated rings. The zero-order valence-corrected chi connectivity index (χ0v) is 7.77. The van der Waals surface area contributed by atoms with Gasteiger partial charge in [-0.15, -0.1) is 0 Å². The molecule has 1 rings (SSSR count). The number of rotatable bonds is 1. The maximum Gasteiger partial charge on any atom is 0.416 e. The first kappa shape index (κ1) is 11.4. The Bertz CT molecular complexity index is 345. The summed E-state index contributed by atoms with van der Waals surface area (Å²) < 4.78 is 36.4. The Morgan fingerprint density at radius 1 is 1.40 bits per heavy atom. The van der Waals surface area contributed by atoms with E-state index in [4.69, 9.17) is 0 Å². The molecule has 0 saturated heterocycles. The van der Waals surface area contributed by atoms with E-state index in [9.17, 15) is 18.0 Å². The second kappa shape index (κ2) is 4.20. The average molecular weight is 217 g/mol. The summed E-state index contributed by atoms with van der Waals surface area (Å²) in [5.74, 6) is 0. The van der Waals surface area contributed by atoms with Crippen LogP contribution in [0.4, 0.5) is 23.7 Å². The van der Waals surface area contributed by atoms with Crippen molar-refractivity contribution in [3.05, 3.63) is 29.8 Å². The molecule has 3 nitrogen and oxygen atoms in total. The van der Waals surface area contributed by atoms with Gasteiger partial charge in [0.1, 0.15) is 0 Å². The van der Waals surface area contributed by atoms with Crippen LogP contribution in [0.3, 0.4) is 0 Å². The molecule has 6 heteroatoms. The summed E-state index contributed by atoms with van der Waals surface area (Å²) in [5.41, 5.74) is -0.618. The molecule has 0 spiro atoms. The monoisotopic (exact) mass is 217 g/mol. The molecule has 0 aliphatic rings. The van der Waals surface area contributed by atoms with Crippen molar-refractivity contribution < 1.29 is 18.0 Å². The zero-order valence-electron chi connectivity index (χ0n) is 7.77. The van der Waals surface area contributed by atoms with Gasteiger partial charge in [0, 0.05) is 13.1 Å². The van der Waals surface area contributed by atoms with Gasteiger partial charge < -0.3 is 10.6 Å². The number of halogens is 3. The Morgan fingerprint density at radius 2 is 2.07 bits per heavy atom. The lowest BCUT2D eigenvalue weighted by Gasteiger charge is -2.07. The second-order valence-electron chi connectivity index (χ2n) is 2.69. The van der Waals surface area contributed by atoms with Crippen LogP contribution < -0.4 is 10.6 Å². The molecule has 1 aromatic carbocycles. The normalized spacial score (nSPS) is 10.9. The van der Waals surface area contributed by atoms with Crippen molar-refractivity contribution in [1.29, 1.82) is 0 Å². The molecule has 2 amide bonds. The van der Waals surface area contributed by atoms with Gasteiger partial charge in [-0.05, 0) is 18.2 Å². The minimum Gasteiger partial charge on any atom is -0.341 e. The molecule has 0 aliphatic heterocycles. The third-order valence-electron chi connectivity index (χ3n) is 1.62. The van der Waals surface area contributed by atoms with Crippen molar-refractivity contribution in [2.45, 2.75) is 6.18 Å². The molecule has 81 valence electrons. The van der Waals surface area contributed by atoms with E-state index in [-0.39, 0.29) is 5.69 Å². The SMILES string of the molecule is CNC(=O)Nc1[c]cc(C(F)(F)F)cc1. The van der Waals surface area contributed by atoms with Crippen molar-refractivity contribution in [3.8, 4) is 0 Å². The number of nitrogens with one attached hydrogen (secondary N) is 2. The lowest BCUT2D eigenvalue weighted by molar-refractivity contribution is -0.137. The van der Waals surface area contributed by atoms with Crippen LogP contribution in [0.5, 0.6) is 0 Å². The molecule has 0 unspecified atom stereocenters. The fourth-order valence-corrected chi connectivity index (χ4v) is 0.864. The minimum atomic E-state index is -4.39. The number of carbonyl (C=O) groups is 1. The number of hydrogen-bond donors (Lipinski definition) is 2. The molecule has 1 aromatic rings. The quantitative estimate of drug-likeness (QED) is 0.744. The number of amides is 2. The van der Waals surface area contributed by atoms with E-state index in [1.165, 1.54) is 7.05 Å². The van der Waals surface area contributed by atoms with Gasteiger partial charge in [-0.3, -0.25) is 0 Å². The molecule has 0 saturated carbocycles. The summed E-state index contributed by atoms with van der Waals surface area (Å²) >= 11 is 0. The van der Waals surface area contributed by atoms with Crippen LogP contribution in [0.25, 0.3) is 0 Å². The summed E-state index contributed by atoms with van der Waals surface area (Å²) in [6, 6.07) is 4.61. The van der Waals surface area contributed by atoms with Crippen LogP contribution >= 0.6 is 0 Å². The number of carbonyl (C=O) groups excluding carboxylic acids is 1. The second-order valence-corrected chi connectivity index (χ2v) is 2.69. The van der Waals surface area contributed by atoms with Gasteiger partial charge >= 0.3 is 12.2 Å². The summed E-state index contributed by atoms with van der Waals surface area (Å²) in [7, 11) is 1.40. The van der Waals surface area contributed by atoms with E-state index >= 15 is 0 Å². The van der Waals surface area contributed by atoms with Gasteiger partial charge in [-0.25, -0.2) is 4.79 Å². The average Bonchev–Trinajstić information content (AvgIpc) is 2.17.